The predicted octanol–water partition coefficient (Wildman–Crippen LogP) is 1.48. The van der Waals surface area contributed by atoms with E-state index in [0.29, 0.717) is 19.6 Å². The van der Waals surface area contributed by atoms with E-state index in [0.717, 1.165) is 15.7 Å². The molecule has 5 heteroatoms. The van der Waals surface area contributed by atoms with Crippen molar-refractivity contribution < 1.29 is 4.79 Å². The van der Waals surface area contributed by atoms with Gasteiger partial charge in [0.25, 0.3) is 0 Å². The molecule has 0 fully saturated rings. The minimum Gasteiger partial charge on any atom is -0.365 e. The molecule has 0 atom stereocenters. The monoisotopic (exact) mass is 299 g/mol. The van der Waals surface area contributed by atoms with Crippen LogP contribution in [-0.4, -0.2) is 26.0 Å². The maximum atomic E-state index is 11.5. The molecule has 0 radical (unpaired) electrons. The maximum Gasteiger partial charge on any atom is 0.239 e. The fourth-order valence-corrected chi connectivity index (χ4v) is 2.03. The molecule has 0 saturated carbocycles. The number of rotatable bonds is 5. The molecule has 1 rings (SSSR count). The van der Waals surface area contributed by atoms with Crippen LogP contribution in [0, 0.1) is 0 Å². The number of amides is 1. The zero-order chi connectivity index (χ0) is 12.8. The van der Waals surface area contributed by atoms with Crippen molar-refractivity contribution in [3.63, 3.8) is 0 Å². The van der Waals surface area contributed by atoms with Gasteiger partial charge in [0, 0.05) is 30.3 Å². The van der Waals surface area contributed by atoms with E-state index in [1.54, 1.807) is 0 Å². The SMILES string of the molecule is CCNC(=O)CN(C)c1ccc(CN)c(Br)c1. The number of anilines is 1. The average Bonchev–Trinajstić information content (AvgIpc) is 2.29. The minimum absolute atomic E-state index is 0.0222. The number of nitrogens with two attached hydrogens (primary N) is 1. The van der Waals surface area contributed by atoms with Crippen LogP contribution >= 0.6 is 15.9 Å². The van der Waals surface area contributed by atoms with Crippen LogP contribution in [0.3, 0.4) is 0 Å². The molecule has 4 nitrogen and oxygen atoms in total. The second-order valence-corrected chi connectivity index (χ2v) is 4.64. The molecular weight excluding hydrogens is 282 g/mol. The zero-order valence-electron chi connectivity index (χ0n) is 10.2. The third-order valence-electron chi connectivity index (χ3n) is 2.45. The summed E-state index contributed by atoms with van der Waals surface area (Å²) in [5.74, 6) is 0.0222. The number of nitrogens with zero attached hydrogens (tertiary/aromatic N) is 1. The highest BCUT2D eigenvalue weighted by Crippen LogP contribution is 2.23. The van der Waals surface area contributed by atoms with Crippen LogP contribution in [-0.2, 0) is 11.3 Å². The van der Waals surface area contributed by atoms with Crippen LogP contribution < -0.4 is 16.0 Å². The van der Waals surface area contributed by atoms with Gasteiger partial charge in [0.05, 0.1) is 6.54 Å². The molecule has 0 aliphatic carbocycles. The van der Waals surface area contributed by atoms with Crippen LogP contribution in [0.5, 0.6) is 0 Å². The van der Waals surface area contributed by atoms with Crippen molar-refractivity contribution in [2.75, 3.05) is 25.0 Å². The Morgan fingerprint density at radius 1 is 1.53 bits per heavy atom. The van der Waals surface area contributed by atoms with E-state index in [-0.39, 0.29) is 5.91 Å². The molecule has 1 aromatic rings. The second kappa shape index (κ2) is 6.61. The number of hydrogen-bond donors (Lipinski definition) is 2. The average molecular weight is 300 g/mol. The summed E-state index contributed by atoms with van der Waals surface area (Å²) in [5.41, 5.74) is 7.63. The Bertz CT molecular complexity index is 395. The minimum atomic E-state index is 0.0222. The Balaban J connectivity index is 2.72. The third-order valence-corrected chi connectivity index (χ3v) is 3.19. The normalized spacial score (nSPS) is 10.1. The number of likely N-dealkylation sites (N-methyl/N-ethyl adjacent to an activating group) is 2. The van der Waals surface area contributed by atoms with Crippen molar-refractivity contribution in [1.29, 1.82) is 0 Å². The highest BCUT2D eigenvalue weighted by Gasteiger charge is 2.08. The Morgan fingerprint density at radius 3 is 2.76 bits per heavy atom. The van der Waals surface area contributed by atoms with Gasteiger partial charge in [0.1, 0.15) is 0 Å². The molecule has 0 aliphatic rings. The standard InChI is InChI=1S/C12H18BrN3O/c1-3-15-12(17)8-16(2)10-5-4-9(7-14)11(13)6-10/h4-6H,3,7-8,14H2,1-2H3,(H,15,17). The number of nitrogens with one attached hydrogen (secondary N) is 1. The van der Waals surface area contributed by atoms with Gasteiger partial charge in [0.15, 0.2) is 0 Å². The van der Waals surface area contributed by atoms with E-state index in [1.807, 2.05) is 37.1 Å². The van der Waals surface area contributed by atoms with Gasteiger partial charge < -0.3 is 16.0 Å². The largest absolute Gasteiger partial charge is 0.365 e. The summed E-state index contributed by atoms with van der Waals surface area (Å²) in [6.07, 6.45) is 0. The molecule has 3 N–H and O–H groups in total. The number of carbonyl (C=O) groups is 1. The topological polar surface area (TPSA) is 58.4 Å². The van der Waals surface area contributed by atoms with Crippen LogP contribution in [0.25, 0.3) is 0 Å². The van der Waals surface area contributed by atoms with Gasteiger partial charge >= 0.3 is 0 Å². The van der Waals surface area contributed by atoms with Crippen molar-refractivity contribution in [2.45, 2.75) is 13.5 Å². The number of hydrogen-bond acceptors (Lipinski definition) is 3. The molecule has 17 heavy (non-hydrogen) atoms. The summed E-state index contributed by atoms with van der Waals surface area (Å²) in [6.45, 7) is 3.41. The Labute approximate surface area is 110 Å². The smallest absolute Gasteiger partial charge is 0.239 e. The van der Waals surface area contributed by atoms with Gasteiger partial charge in [-0.05, 0) is 24.6 Å². The molecule has 0 unspecified atom stereocenters. The van der Waals surface area contributed by atoms with E-state index in [1.165, 1.54) is 0 Å². The molecular formula is C12H18BrN3O. The first-order valence-electron chi connectivity index (χ1n) is 5.54. The number of carbonyl (C=O) groups excluding carboxylic acids is 1. The lowest BCUT2D eigenvalue weighted by molar-refractivity contribution is -0.119. The number of benzene rings is 1. The molecule has 94 valence electrons. The van der Waals surface area contributed by atoms with Gasteiger partial charge in [-0.1, -0.05) is 22.0 Å². The highest BCUT2D eigenvalue weighted by atomic mass is 79.9. The maximum absolute atomic E-state index is 11.5. The lowest BCUT2D eigenvalue weighted by Crippen LogP contribution is -2.34. The number of halogens is 1. The lowest BCUT2D eigenvalue weighted by Gasteiger charge is -2.19. The van der Waals surface area contributed by atoms with Crippen LogP contribution in [0.1, 0.15) is 12.5 Å². The molecule has 0 aliphatic heterocycles. The Kier molecular flexibility index (Phi) is 5.44. The predicted molar refractivity (Wildman–Crippen MR) is 74.0 cm³/mol. The van der Waals surface area contributed by atoms with Crippen molar-refractivity contribution in [1.82, 2.24) is 5.32 Å². The first-order chi connectivity index (χ1) is 8.08. The fourth-order valence-electron chi connectivity index (χ4n) is 1.50. The summed E-state index contributed by atoms with van der Waals surface area (Å²) in [7, 11) is 1.89. The Hall–Kier alpha value is -1.07. The zero-order valence-corrected chi connectivity index (χ0v) is 11.8. The van der Waals surface area contributed by atoms with Crippen LogP contribution in [0.2, 0.25) is 0 Å². The van der Waals surface area contributed by atoms with Crippen molar-refractivity contribution in [3.05, 3.63) is 28.2 Å². The van der Waals surface area contributed by atoms with Gasteiger partial charge in [-0.25, -0.2) is 0 Å². The van der Waals surface area contributed by atoms with E-state index in [2.05, 4.69) is 21.2 Å². The van der Waals surface area contributed by atoms with Crippen LogP contribution in [0.4, 0.5) is 5.69 Å². The van der Waals surface area contributed by atoms with E-state index in [9.17, 15) is 4.79 Å². The quantitative estimate of drug-likeness (QED) is 0.866. The lowest BCUT2D eigenvalue weighted by atomic mass is 10.2. The Morgan fingerprint density at radius 2 is 2.24 bits per heavy atom. The molecule has 1 amide bonds. The van der Waals surface area contributed by atoms with E-state index < -0.39 is 0 Å². The molecule has 0 heterocycles. The summed E-state index contributed by atoms with van der Waals surface area (Å²) >= 11 is 3.47. The van der Waals surface area contributed by atoms with Gasteiger partial charge in [0.2, 0.25) is 5.91 Å². The fraction of sp³-hybridized carbons (Fsp3) is 0.417. The molecule has 0 saturated heterocycles. The summed E-state index contributed by atoms with van der Waals surface area (Å²) in [6, 6.07) is 5.90. The molecule has 0 bridgehead atoms. The summed E-state index contributed by atoms with van der Waals surface area (Å²) in [5, 5.41) is 2.77. The van der Waals surface area contributed by atoms with Gasteiger partial charge in [-0.3, -0.25) is 4.79 Å². The molecule has 0 aromatic heterocycles. The first-order valence-corrected chi connectivity index (χ1v) is 6.34. The van der Waals surface area contributed by atoms with Crippen molar-refractivity contribution in [2.24, 2.45) is 5.73 Å². The van der Waals surface area contributed by atoms with Crippen molar-refractivity contribution >= 4 is 27.5 Å². The molecule has 0 spiro atoms. The summed E-state index contributed by atoms with van der Waals surface area (Å²) in [4.78, 5) is 13.3. The summed E-state index contributed by atoms with van der Waals surface area (Å²) < 4.78 is 0.972. The van der Waals surface area contributed by atoms with Gasteiger partial charge in [-0.15, -0.1) is 0 Å². The van der Waals surface area contributed by atoms with Crippen LogP contribution in [0.15, 0.2) is 22.7 Å². The van der Waals surface area contributed by atoms with Gasteiger partial charge in [-0.2, -0.15) is 0 Å². The van der Waals surface area contributed by atoms with E-state index >= 15 is 0 Å². The second-order valence-electron chi connectivity index (χ2n) is 3.79. The highest BCUT2D eigenvalue weighted by molar-refractivity contribution is 9.10. The first kappa shape index (κ1) is 14.0. The van der Waals surface area contributed by atoms with E-state index in [4.69, 9.17) is 5.73 Å². The van der Waals surface area contributed by atoms with Crippen molar-refractivity contribution in [3.8, 4) is 0 Å². The molecule has 1 aromatic carbocycles. The third kappa shape index (κ3) is 4.02.